The van der Waals surface area contributed by atoms with Gasteiger partial charge < -0.3 is 14.8 Å². The number of rotatable bonds is 7. The van der Waals surface area contributed by atoms with Crippen LogP contribution in [0, 0.1) is 6.92 Å². The van der Waals surface area contributed by atoms with Crippen LogP contribution in [0.15, 0.2) is 72.4 Å². The van der Waals surface area contributed by atoms with Gasteiger partial charge in [0.1, 0.15) is 17.2 Å². The quantitative estimate of drug-likeness (QED) is 0.473. The molecule has 1 N–H and O–H groups in total. The number of benzene rings is 3. The van der Waals surface area contributed by atoms with Crippen LogP contribution in [0.25, 0.3) is 5.57 Å². The smallest absolute Gasteiger partial charge is 0.282 e. The SMILES string of the molecule is CCOc1cccc(NC2=C(c3ccc(OC)cc3)C(=O)N(c3cccc(Cl)c3C)C2=O)c1. The van der Waals surface area contributed by atoms with E-state index in [0.717, 1.165) is 4.90 Å². The van der Waals surface area contributed by atoms with Crippen molar-refractivity contribution in [2.45, 2.75) is 13.8 Å². The summed E-state index contributed by atoms with van der Waals surface area (Å²) in [5.74, 6) is 0.419. The molecule has 0 bridgehead atoms. The first kappa shape index (κ1) is 22.4. The van der Waals surface area contributed by atoms with Crippen molar-refractivity contribution in [3.8, 4) is 11.5 Å². The molecule has 33 heavy (non-hydrogen) atoms. The summed E-state index contributed by atoms with van der Waals surface area (Å²) in [7, 11) is 1.57. The van der Waals surface area contributed by atoms with E-state index in [2.05, 4.69) is 5.32 Å². The molecule has 2 amide bonds. The largest absolute Gasteiger partial charge is 0.497 e. The number of carbonyl (C=O) groups is 2. The lowest BCUT2D eigenvalue weighted by molar-refractivity contribution is -0.120. The van der Waals surface area contributed by atoms with Crippen LogP contribution in [0.2, 0.25) is 5.02 Å². The fourth-order valence-corrected chi connectivity index (χ4v) is 3.87. The monoisotopic (exact) mass is 462 g/mol. The maximum atomic E-state index is 13.6. The van der Waals surface area contributed by atoms with E-state index in [4.69, 9.17) is 21.1 Å². The zero-order valence-corrected chi connectivity index (χ0v) is 19.3. The Morgan fingerprint density at radius 3 is 2.36 bits per heavy atom. The minimum Gasteiger partial charge on any atom is -0.497 e. The van der Waals surface area contributed by atoms with Gasteiger partial charge in [0.2, 0.25) is 0 Å². The summed E-state index contributed by atoms with van der Waals surface area (Å²) < 4.78 is 10.8. The third kappa shape index (κ3) is 4.30. The summed E-state index contributed by atoms with van der Waals surface area (Å²) in [5, 5.41) is 3.63. The van der Waals surface area contributed by atoms with E-state index < -0.39 is 11.8 Å². The van der Waals surface area contributed by atoms with Crippen LogP contribution < -0.4 is 19.7 Å². The Labute approximate surface area is 197 Å². The van der Waals surface area contributed by atoms with Crippen molar-refractivity contribution >= 4 is 40.4 Å². The van der Waals surface area contributed by atoms with E-state index in [-0.39, 0.29) is 11.3 Å². The second-order valence-corrected chi connectivity index (χ2v) is 7.80. The Kier molecular flexibility index (Phi) is 6.38. The van der Waals surface area contributed by atoms with E-state index in [1.165, 1.54) is 0 Å². The molecule has 7 heteroatoms. The summed E-state index contributed by atoms with van der Waals surface area (Å²) in [6.45, 7) is 4.19. The molecule has 3 aromatic carbocycles. The molecule has 1 aliphatic rings. The van der Waals surface area contributed by atoms with Crippen LogP contribution in [-0.4, -0.2) is 25.5 Å². The normalized spacial score (nSPS) is 13.5. The average molecular weight is 463 g/mol. The van der Waals surface area contributed by atoms with E-state index in [0.29, 0.717) is 45.6 Å². The van der Waals surface area contributed by atoms with E-state index in [9.17, 15) is 9.59 Å². The topological polar surface area (TPSA) is 67.9 Å². The number of halogens is 1. The molecule has 0 spiro atoms. The molecule has 0 saturated heterocycles. The minimum atomic E-state index is -0.460. The van der Waals surface area contributed by atoms with Gasteiger partial charge in [-0.1, -0.05) is 35.9 Å². The van der Waals surface area contributed by atoms with Crippen molar-refractivity contribution in [3.63, 3.8) is 0 Å². The lowest BCUT2D eigenvalue weighted by Crippen LogP contribution is -2.33. The van der Waals surface area contributed by atoms with E-state index in [1.54, 1.807) is 62.6 Å². The molecule has 3 aromatic rings. The van der Waals surface area contributed by atoms with Crippen LogP contribution >= 0.6 is 11.6 Å². The second-order valence-electron chi connectivity index (χ2n) is 7.39. The standard InChI is InChI=1S/C26H23ClN2O4/c1-4-33-20-8-5-7-18(15-20)28-24-23(17-11-13-19(32-3)14-12-17)25(30)29(26(24)31)22-10-6-9-21(27)16(22)2/h5-15,28H,4H2,1-3H3. The summed E-state index contributed by atoms with van der Waals surface area (Å²) in [5.41, 5.74) is 2.77. The van der Waals surface area contributed by atoms with Gasteiger partial charge in [0.05, 0.1) is 25.0 Å². The fourth-order valence-electron chi connectivity index (χ4n) is 3.70. The highest BCUT2D eigenvalue weighted by atomic mass is 35.5. The number of carbonyl (C=O) groups excluding carboxylic acids is 2. The molecule has 6 nitrogen and oxygen atoms in total. The number of anilines is 2. The third-order valence-corrected chi connectivity index (χ3v) is 5.77. The van der Waals surface area contributed by atoms with Gasteiger partial charge >= 0.3 is 0 Å². The van der Waals surface area contributed by atoms with Crippen LogP contribution in [-0.2, 0) is 9.59 Å². The Morgan fingerprint density at radius 1 is 0.939 bits per heavy atom. The van der Waals surface area contributed by atoms with Crippen LogP contribution in [0.4, 0.5) is 11.4 Å². The lowest BCUT2D eigenvalue weighted by atomic mass is 10.0. The van der Waals surface area contributed by atoms with Gasteiger partial charge in [0.15, 0.2) is 0 Å². The van der Waals surface area contributed by atoms with Gasteiger partial charge in [-0.3, -0.25) is 9.59 Å². The summed E-state index contributed by atoms with van der Waals surface area (Å²) in [4.78, 5) is 28.4. The van der Waals surface area contributed by atoms with Gasteiger partial charge in [-0.2, -0.15) is 0 Å². The first-order valence-corrected chi connectivity index (χ1v) is 10.8. The molecule has 0 aliphatic carbocycles. The lowest BCUT2D eigenvalue weighted by Gasteiger charge is -2.18. The van der Waals surface area contributed by atoms with E-state index in [1.807, 2.05) is 25.1 Å². The molecule has 1 heterocycles. The predicted molar refractivity (Wildman–Crippen MR) is 130 cm³/mol. The van der Waals surface area contributed by atoms with E-state index >= 15 is 0 Å². The van der Waals surface area contributed by atoms with Gasteiger partial charge in [0, 0.05) is 16.8 Å². The van der Waals surface area contributed by atoms with Gasteiger partial charge in [0.25, 0.3) is 11.8 Å². The van der Waals surface area contributed by atoms with Crippen LogP contribution in [0.1, 0.15) is 18.1 Å². The third-order valence-electron chi connectivity index (χ3n) is 5.36. The second kappa shape index (κ2) is 9.38. The van der Waals surface area contributed by atoms with Crippen molar-refractivity contribution < 1.29 is 19.1 Å². The number of nitrogens with zero attached hydrogens (tertiary/aromatic N) is 1. The summed E-state index contributed by atoms with van der Waals surface area (Å²) in [6.07, 6.45) is 0. The number of hydrogen-bond acceptors (Lipinski definition) is 5. The number of ether oxygens (including phenoxy) is 2. The highest BCUT2D eigenvalue weighted by Crippen LogP contribution is 2.37. The number of nitrogens with one attached hydrogen (secondary N) is 1. The first-order valence-electron chi connectivity index (χ1n) is 10.5. The molecule has 168 valence electrons. The number of amides is 2. The van der Waals surface area contributed by atoms with Crippen molar-refractivity contribution in [2.24, 2.45) is 0 Å². The zero-order valence-electron chi connectivity index (χ0n) is 18.5. The molecule has 0 unspecified atom stereocenters. The fraction of sp³-hybridized carbons (Fsp3) is 0.154. The summed E-state index contributed by atoms with van der Waals surface area (Å²) in [6, 6.07) is 19.4. The Morgan fingerprint density at radius 2 is 1.67 bits per heavy atom. The van der Waals surface area contributed by atoms with Crippen molar-refractivity contribution in [1.29, 1.82) is 0 Å². The van der Waals surface area contributed by atoms with Crippen molar-refractivity contribution in [1.82, 2.24) is 0 Å². The highest BCUT2D eigenvalue weighted by molar-refractivity contribution is 6.46. The number of hydrogen-bond donors (Lipinski definition) is 1. The van der Waals surface area contributed by atoms with Crippen molar-refractivity contribution in [2.75, 3.05) is 23.9 Å². The van der Waals surface area contributed by atoms with Crippen LogP contribution in [0.5, 0.6) is 11.5 Å². The van der Waals surface area contributed by atoms with Crippen LogP contribution in [0.3, 0.4) is 0 Å². The van der Waals surface area contributed by atoms with Gasteiger partial charge in [-0.05, 0) is 61.4 Å². The summed E-state index contributed by atoms with van der Waals surface area (Å²) >= 11 is 6.28. The van der Waals surface area contributed by atoms with Gasteiger partial charge in [-0.25, -0.2) is 4.90 Å². The first-order chi connectivity index (χ1) is 15.9. The highest BCUT2D eigenvalue weighted by Gasteiger charge is 2.41. The molecular weight excluding hydrogens is 440 g/mol. The maximum Gasteiger partial charge on any atom is 0.282 e. The Balaban J connectivity index is 1.82. The maximum absolute atomic E-state index is 13.6. The number of imide groups is 1. The Hall–Kier alpha value is -3.77. The molecule has 0 atom stereocenters. The molecule has 0 fully saturated rings. The molecular formula is C26H23ClN2O4. The molecule has 0 aromatic heterocycles. The molecule has 0 saturated carbocycles. The zero-order chi connectivity index (χ0) is 23.5. The van der Waals surface area contributed by atoms with Crippen molar-refractivity contribution in [3.05, 3.63) is 88.6 Å². The molecule has 1 aliphatic heterocycles. The van der Waals surface area contributed by atoms with Gasteiger partial charge in [-0.15, -0.1) is 0 Å². The Bertz CT molecular complexity index is 1250. The average Bonchev–Trinajstić information content (AvgIpc) is 3.05. The molecule has 0 radical (unpaired) electrons. The number of methoxy groups -OCH3 is 1. The molecule has 4 rings (SSSR count). The minimum absolute atomic E-state index is 0.179. The predicted octanol–water partition coefficient (Wildman–Crippen LogP) is 5.45.